The molecule has 1 N–H and O–H groups in total. The molecule has 1 atom stereocenters. The first-order valence-electron chi connectivity index (χ1n) is 9.72. The molecule has 0 fully saturated rings. The molecule has 1 amide bonds. The number of para-hydroxylation sites is 2. The Hall–Kier alpha value is -4.00. The highest BCUT2D eigenvalue weighted by atomic mass is 16.6. The Kier molecular flexibility index (Phi) is 5.75. The molecular formula is C24H21NO6. The maximum atomic E-state index is 12.6. The van der Waals surface area contributed by atoms with E-state index in [4.69, 9.17) is 18.6 Å². The van der Waals surface area contributed by atoms with Crippen LogP contribution in [0.5, 0.6) is 11.5 Å². The Balaban J connectivity index is 1.44. The van der Waals surface area contributed by atoms with Crippen LogP contribution in [0, 0.1) is 0 Å². The van der Waals surface area contributed by atoms with Crippen molar-refractivity contribution in [3.8, 4) is 11.5 Å². The number of hydrogen-bond donors (Lipinski definition) is 1. The molecule has 1 heterocycles. The molecule has 3 aromatic carbocycles. The van der Waals surface area contributed by atoms with Gasteiger partial charge in [-0.25, -0.2) is 4.79 Å². The van der Waals surface area contributed by atoms with Gasteiger partial charge < -0.3 is 23.9 Å². The van der Waals surface area contributed by atoms with Crippen molar-refractivity contribution in [1.29, 1.82) is 0 Å². The van der Waals surface area contributed by atoms with Gasteiger partial charge in [0.05, 0.1) is 12.8 Å². The number of hydrogen-bond acceptors (Lipinski definition) is 6. The molecule has 7 nitrogen and oxygen atoms in total. The fourth-order valence-corrected chi connectivity index (χ4v) is 3.20. The Bertz CT molecular complexity index is 1230. The third-order valence-corrected chi connectivity index (χ3v) is 4.73. The van der Waals surface area contributed by atoms with Crippen molar-refractivity contribution in [2.24, 2.45) is 0 Å². The lowest BCUT2D eigenvalue weighted by molar-refractivity contribution is -0.155. The number of esters is 1. The van der Waals surface area contributed by atoms with E-state index in [1.165, 1.54) is 14.0 Å². The number of nitrogens with one attached hydrogen (secondary N) is 1. The summed E-state index contributed by atoms with van der Waals surface area (Å²) in [6.45, 7) is 1.19. The second-order valence-corrected chi connectivity index (χ2v) is 6.87. The van der Waals surface area contributed by atoms with E-state index < -0.39 is 18.0 Å². The highest BCUT2D eigenvalue weighted by Gasteiger charge is 2.21. The minimum absolute atomic E-state index is 0.296. The van der Waals surface area contributed by atoms with Gasteiger partial charge in [0.15, 0.2) is 12.7 Å². The number of ether oxygens (including phenoxy) is 3. The third-order valence-electron chi connectivity index (χ3n) is 4.73. The maximum absolute atomic E-state index is 12.6. The van der Waals surface area contributed by atoms with Gasteiger partial charge in [-0.15, -0.1) is 0 Å². The van der Waals surface area contributed by atoms with Crippen molar-refractivity contribution < 1.29 is 28.2 Å². The fraction of sp³-hybridized carbons (Fsp3) is 0.167. The summed E-state index contributed by atoms with van der Waals surface area (Å²) in [6, 6.07) is 20.0. The minimum atomic E-state index is -1.03. The Morgan fingerprint density at radius 1 is 0.968 bits per heavy atom. The van der Waals surface area contributed by atoms with Gasteiger partial charge in [0.25, 0.3) is 5.91 Å². The highest BCUT2D eigenvalue weighted by molar-refractivity contribution is 6.08. The molecule has 0 saturated heterocycles. The number of furan rings is 1. The molecule has 7 heteroatoms. The first-order chi connectivity index (χ1) is 15.0. The first kappa shape index (κ1) is 20.3. The molecule has 0 bridgehead atoms. The largest absolute Gasteiger partial charge is 0.495 e. The number of fused-ring (bicyclic) bond motifs is 3. The molecule has 0 aliphatic carbocycles. The van der Waals surface area contributed by atoms with Crippen LogP contribution in [-0.2, 0) is 14.3 Å². The van der Waals surface area contributed by atoms with E-state index in [0.29, 0.717) is 22.8 Å². The molecule has 4 aromatic rings. The summed E-state index contributed by atoms with van der Waals surface area (Å²) >= 11 is 0. The van der Waals surface area contributed by atoms with E-state index in [9.17, 15) is 9.59 Å². The molecule has 4 rings (SSSR count). The average Bonchev–Trinajstić information content (AvgIpc) is 3.15. The van der Waals surface area contributed by atoms with E-state index in [2.05, 4.69) is 5.32 Å². The number of methoxy groups -OCH3 is 1. The third kappa shape index (κ3) is 4.45. The predicted molar refractivity (Wildman–Crippen MR) is 116 cm³/mol. The van der Waals surface area contributed by atoms with Crippen molar-refractivity contribution in [2.45, 2.75) is 13.0 Å². The Morgan fingerprint density at radius 3 is 2.48 bits per heavy atom. The van der Waals surface area contributed by atoms with E-state index in [0.717, 1.165) is 16.4 Å². The number of rotatable bonds is 7. The summed E-state index contributed by atoms with van der Waals surface area (Å²) in [5, 5.41) is 4.57. The van der Waals surface area contributed by atoms with Crippen LogP contribution < -0.4 is 14.8 Å². The first-order valence-corrected chi connectivity index (χ1v) is 9.72. The summed E-state index contributed by atoms with van der Waals surface area (Å²) in [4.78, 5) is 24.6. The Labute approximate surface area is 178 Å². The summed E-state index contributed by atoms with van der Waals surface area (Å²) in [5.74, 6) is -0.133. The van der Waals surface area contributed by atoms with E-state index in [1.54, 1.807) is 36.4 Å². The average molecular weight is 419 g/mol. The quantitative estimate of drug-likeness (QED) is 0.443. The van der Waals surface area contributed by atoms with Gasteiger partial charge in [-0.05, 0) is 31.2 Å². The van der Waals surface area contributed by atoms with Crippen LogP contribution in [0.2, 0.25) is 0 Å². The minimum Gasteiger partial charge on any atom is -0.495 e. The molecule has 0 aliphatic heterocycles. The smallest absolute Gasteiger partial charge is 0.344 e. The second kappa shape index (κ2) is 8.79. The van der Waals surface area contributed by atoms with Crippen LogP contribution in [0.15, 0.2) is 71.1 Å². The van der Waals surface area contributed by atoms with Gasteiger partial charge in [0.2, 0.25) is 0 Å². The normalized spacial score (nSPS) is 11.8. The van der Waals surface area contributed by atoms with Crippen LogP contribution in [0.3, 0.4) is 0 Å². The molecule has 1 aromatic heterocycles. The molecule has 158 valence electrons. The lowest BCUT2D eigenvalue weighted by Gasteiger charge is -2.15. The van der Waals surface area contributed by atoms with Crippen LogP contribution in [0.1, 0.15) is 6.92 Å². The van der Waals surface area contributed by atoms with Crippen molar-refractivity contribution in [1.82, 2.24) is 0 Å². The number of anilines is 1. The van der Waals surface area contributed by atoms with E-state index in [-0.39, 0.29) is 6.61 Å². The van der Waals surface area contributed by atoms with Gasteiger partial charge in [0.1, 0.15) is 22.7 Å². The summed E-state index contributed by atoms with van der Waals surface area (Å²) in [6.07, 6.45) is -1.03. The molecule has 0 saturated carbocycles. The monoisotopic (exact) mass is 419 g/mol. The fourth-order valence-electron chi connectivity index (χ4n) is 3.20. The lowest BCUT2D eigenvalue weighted by atomic mass is 10.1. The van der Waals surface area contributed by atoms with Gasteiger partial charge in [-0.2, -0.15) is 0 Å². The summed E-state index contributed by atoms with van der Waals surface area (Å²) in [5.41, 5.74) is 1.77. The van der Waals surface area contributed by atoms with Crippen molar-refractivity contribution in [3.63, 3.8) is 0 Å². The maximum Gasteiger partial charge on any atom is 0.344 e. The molecule has 0 radical (unpaired) electrons. The SMILES string of the molecule is COc1cc2c(cc1NC(=O)[C@@H](C)OC(=O)COc1ccccc1)oc1ccccc12. The number of carbonyl (C=O) groups is 2. The number of carbonyl (C=O) groups excluding carboxylic acids is 2. The summed E-state index contributed by atoms with van der Waals surface area (Å²) in [7, 11) is 1.52. The molecular weight excluding hydrogens is 398 g/mol. The predicted octanol–water partition coefficient (Wildman–Crippen LogP) is 4.54. The second-order valence-electron chi connectivity index (χ2n) is 6.87. The summed E-state index contributed by atoms with van der Waals surface area (Å²) < 4.78 is 21.8. The zero-order valence-electron chi connectivity index (χ0n) is 17.1. The standard InChI is InChI=1S/C24H21NO6/c1-15(30-23(26)14-29-16-8-4-3-5-9-16)24(27)25-19-13-21-18(12-22(19)28-2)17-10-6-7-11-20(17)31-21/h3-13,15H,14H2,1-2H3,(H,25,27)/t15-/m1/s1. The number of benzene rings is 3. The highest BCUT2D eigenvalue weighted by Crippen LogP contribution is 2.36. The molecule has 0 aliphatic rings. The van der Waals surface area contributed by atoms with Gasteiger partial charge in [0, 0.05) is 16.8 Å². The topological polar surface area (TPSA) is 87.0 Å². The Morgan fingerprint density at radius 2 is 1.71 bits per heavy atom. The van der Waals surface area contributed by atoms with Crippen molar-refractivity contribution in [3.05, 3.63) is 66.7 Å². The lowest BCUT2D eigenvalue weighted by Crippen LogP contribution is -2.31. The zero-order valence-corrected chi connectivity index (χ0v) is 17.1. The van der Waals surface area contributed by atoms with E-state index in [1.807, 2.05) is 30.3 Å². The van der Waals surface area contributed by atoms with Gasteiger partial charge in [-0.3, -0.25) is 4.79 Å². The van der Waals surface area contributed by atoms with Gasteiger partial charge >= 0.3 is 5.97 Å². The van der Waals surface area contributed by atoms with Crippen LogP contribution in [-0.4, -0.2) is 31.7 Å². The van der Waals surface area contributed by atoms with E-state index >= 15 is 0 Å². The van der Waals surface area contributed by atoms with Gasteiger partial charge in [-0.1, -0.05) is 36.4 Å². The van der Waals surface area contributed by atoms with Crippen molar-refractivity contribution in [2.75, 3.05) is 19.0 Å². The molecule has 0 unspecified atom stereocenters. The zero-order chi connectivity index (χ0) is 21.8. The van der Waals surface area contributed by atoms with Crippen LogP contribution >= 0.6 is 0 Å². The van der Waals surface area contributed by atoms with Crippen LogP contribution in [0.4, 0.5) is 5.69 Å². The van der Waals surface area contributed by atoms with Crippen LogP contribution in [0.25, 0.3) is 21.9 Å². The molecule has 0 spiro atoms. The molecule has 31 heavy (non-hydrogen) atoms. The van der Waals surface area contributed by atoms with Crippen molar-refractivity contribution >= 4 is 39.5 Å². The number of amides is 1.